The summed E-state index contributed by atoms with van der Waals surface area (Å²) in [6.45, 7) is 0.633. The average molecular weight is 220 g/mol. The van der Waals surface area contributed by atoms with Crippen LogP contribution in [0.15, 0.2) is 11.8 Å². The predicted molar refractivity (Wildman–Crippen MR) is 54.1 cm³/mol. The third kappa shape index (κ3) is 3.65. The van der Waals surface area contributed by atoms with Crippen LogP contribution in [0.4, 0.5) is 0 Å². The van der Waals surface area contributed by atoms with Crippen molar-refractivity contribution in [3.05, 3.63) is 11.8 Å². The fourth-order valence-electron chi connectivity index (χ4n) is 1.33. The summed E-state index contributed by atoms with van der Waals surface area (Å²) in [5, 5.41) is 0. The van der Waals surface area contributed by atoms with E-state index in [1.165, 1.54) is 6.26 Å². The molecule has 0 radical (unpaired) electrons. The van der Waals surface area contributed by atoms with Crippen LogP contribution >= 0.6 is 0 Å². The second-order valence-corrected chi connectivity index (χ2v) is 5.59. The second-order valence-electron chi connectivity index (χ2n) is 3.41. The van der Waals surface area contributed by atoms with Crippen molar-refractivity contribution in [1.82, 2.24) is 5.43 Å². The number of nitrogens with one attached hydrogen (secondary N) is 1. The Labute approximate surface area is 84.2 Å². The highest BCUT2D eigenvalue weighted by molar-refractivity contribution is 7.90. The van der Waals surface area contributed by atoms with Crippen LogP contribution in [0, 0.1) is 0 Å². The Morgan fingerprint density at radius 3 is 2.86 bits per heavy atom. The SMILES string of the molecule is CS(=O)(=O)CC(NN)C1=CCCCO1. The molecule has 0 aliphatic carbocycles. The van der Waals surface area contributed by atoms with Crippen LogP contribution in [0.1, 0.15) is 12.8 Å². The van der Waals surface area contributed by atoms with Gasteiger partial charge in [0.2, 0.25) is 0 Å². The molecule has 1 heterocycles. The van der Waals surface area contributed by atoms with E-state index in [4.69, 9.17) is 10.6 Å². The van der Waals surface area contributed by atoms with Gasteiger partial charge in [0, 0.05) is 6.26 Å². The zero-order valence-electron chi connectivity index (χ0n) is 8.19. The molecule has 0 bridgehead atoms. The van der Waals surface area contributed by atoms with Gasteiger partial charge in [-0.25, -0.2) is 13.8 Å². The molecule has 14 heavy (non-hydrogen) atoms. The van der Waals surface area contributed by atoms with Gasteiger partial charge in [0.1, 0.15) is 15.6 Å². The van der Waals surface area contributed by atoms with Gasteiger partial charge in [-0.15, -0.1) is 0 Å². The monoisotopic (exact) mass is 220 g/mol. The Kier molecular flexibility index (Phi) is 3.91. The molecule has 1 atom stereocenters. The molecular weight excluding hydrogens is 204 g/mol. The Balaban J connectivity index is 2.66. The first-order chi connectivity index (χ1) is 6.53. The summed E-state index contributed by atoms with van der Waals surface area (Å²) < 4.78 is 27.5. The predicted octanol–water partition coefficient (Wildman–Crippen LogP) is -0.443. The maximum atomic E-state index is 11.1. The molecular formula is C8H16N2O3S. The molecule has 1 unspecified atom stereocenters. The molecule has 0 aromatic heterocycles. The number of rotatable bonds is 4. The molecule has 1 rings (SSSR count). The van der Waals surface area contributed by atoms with Gasteiger partial charge in [-0.2, -0.15) is 0 Å². The van der Waals surface area contributed by atoms with Gasteiger partial charge in [-0.3, -0.25) is 5.84 Å². The fraction of sp³-hybridized carbons (Fsp3) is 0.750. The van der Waals surface area contributed by atoms with Crippen molar-refractivity contribution in [2.45, 2.75) is 18.9 Å². The first kappa shape index (κ1) is 11.5. The summed E-state index contributed by atoms with van der Waals surface area (Å²) in [7, 11) is -3.05. The third-order valence-electron chi connectivity index (χ3n) is 1.98. The van der Waals surface area contributed by atoms with Crippen molar-refractivity contribution in [3.8, 4) is 0 Å². The lowest BCUT2D eigenvalue weighted by Gasteiger charge is -2.22. The third-order valence-corrected chi connectivity index (χ3v) is 2.92. The van der Waals surface area contributed by atoms with E-state index in [9.17, 15) is 8.42 Å². The quantitative estimate of drug-likeness (QED) is 0.496. The van der Waals surface area contributed by atoms with Crippen LogP contribution in [-0.4, -0.2) is 33.1 Å². The van der Waals surface area contributed by atoms with E-state index in [2.05, 4.69) is 5.43 Å². The van der Waals surface area contributed by atoms with Crippen molar-refractivity contribution in [2.24, 2.45) is 5.84 Å². The van der Waals surface area contributed by atoms with Crippen molar-refractivity contribution < 1.29 is 13.2 Å². The van der Waals surface area contributed by atoms with Gasteiger partial charge < -0.3 is 4.74 Å². The van der Waals surface area contributed by atoms with Gasteiger partial charge in [0.25, 0.3) is 0 Å². The lowest BCUT2D eigenvalue weighted by atomic mass is 10.2. The number of allylic oxidation sites excluding steroid dienone is 1. The molecule has 6 heteroatoms. The number of nitrogens with two attached hydrogens (primary N) is 1. The zero-order valence-corrected chi connectivity index (χ0v) is 9.01. The Morgan fingerprint density at radius 2 is 2.43 bits per heavy atom. The second kappa shape index (κ2) is 4.77. The number of hydrazine groups is 1. The van der Waals surface area contributed by atoms with Gasteiger partial charge in [-0.1, -0.05) is 0 Å². The first-order valence-corrected chi connectivity index (χ1v) is 6.55. The summed E-state index contributed by atoms with van der Waals surface area (Å²) in [5.41, 5.74) is 2.46. The summed E-state index contributed by atoms with van der Waals surface area (Å²) in [6.07, 6.45) is 4.96. The van der Waals surface area contributed by atoms with Crippen LogP contribution in [-0.2, 0) is 14.6 Å². The molecule has 82 valence electrons. The minimum absolute atomic E-state index is 0.0324. The van der Waals surface area contributed by atoms with E-state index in [0.717, 1.165) is 12.8 Å². The van der Waals surface area contributed by atoms with Crippen LogP contribution in [0.5, 0.6) is 0 Å². The standard InChI is InChI=1S/C8H16N2O3S/c1-14(11,12)6-7(10-9)8-4-2-3-5-13-8/h4,7,10H,2-3,5-6,9H2,1H3. The van der Waals surface area contributed by atoms with Crippen LogP contribution in [0.3, 0.4) is 0 Å². The van der Waals surface area contributed by atoms with Crippen LogP contribution < -0.4 is 11.3 Å². The summed E-state index contributed by atoms with van der Waals surface area (Å²) in [6, 6.07) is -0.426. The van der Waals surface area contributed by atoms with Crippen molar-refractivity contribution in [2.75, 3.05) is 18.6 Å². The van der Waals surface area contributed by atoms with Crippen molar-refractivity contribution in [1.29, 1.82) is 0 Å². The molecule has 1 aliphatic heterocycles. The smallest absolute Gasteiger partial charge is 0.149 e. The molecule has 3 N–H and O–H groups in total. The van der Waals surface area contributed by atoms with Crippen molar-refractivity contribution in [3.63, 3.8) is 0 Å². The Hall–Kier alpha value is -0.590. The molecule has 1 aliphatic rings. The number of hydrogen-bond acceptors (Lipinski definition) is 5. The Morgan fingerprint density at radius 1 is 1.71 bits per heavy atom. The van der Waals surface area contributed by atoms with Crippen LogP contribution in [0.25, 0.3) is 0 Å². The minimum atomic E-state index is -3.05. The van der Waals surface area contributed by atoms with E-state index in [-0.39, 0.29) is 5.75 Å². The van der Waals surface area contributed by atoms with E-state index < -0.39 is 15.9 Å². The number of sulfone groups is 1. The molecule has 0 saturated carbocycles. The molecule has 5 nitrogen and oxygen atoms in total. The molecule has 0 spiro atoms. The van der Waals surface area contributed by atoms with Gasteiger partial charge in [0.15, 0.2) is 0 Å². The molecule has 0 amide bonds. The molecule has 0 saturated heterocycles. The summed E-state index contributed by atoms with van der Waals surface area (Å²) >= 11 is 0. The minimum Gasteiger partial charge on any atom is -0.497 e. The lowest BCUT2D eigenvalue weighted by Crippen LogP contribution is -2.42. The lowest BCUT2D eigenvalue weighted by molar-refractivity contribution is 0.171. The number of ether oxygens (including phenoxy) is 1. The van der Waals surface area contributed by atoms with Gasteiger partial charge in [-0.05, 0) is 18.9 Å². The van der Waals surface area contributed by atoms with E-state index in [0.29, 0.717) is 12.4 Å². The first-order valence-electron chi connectivity index (χ1n) is 4.49. The van der Waals surface area contributed by atoms with E-state index in [1.54, 1.807) is 0 Å². The molecule has 0 aromatic rings. The van der Waals surface area contributed by atoms with Crippen molar-refractivity contribution >= 4 is 9.84 Å². The van der Waals surface area contributed by atoms with Gasteiger partial charge >= 0.3 is 0 Å². The highest BCUT2D eigenvalue weighted by atomic mass is 32.2. The van der Waals surface area contributed by atoms with Gasteiger partial charge in [0.05, 0.1) is 18.4 Å². The molecule has 0 aromatic carbocycles. The van der Waals surface area contributed by atoms with E-state index in [1.807, 2.05) is 6.08 Å². The molecule has 0 fully saturated rings. The fourth-order valence-corrected chi connectivity index (χ4v) is 2.20. The highest BCUT2D eigenvalue weighted by Crippen LogP contribution is 2.14. The van der Waals surface area contributed by atoms with Crippen LogP contribution in [0.2, 0.25) is 0 Å². The zero-order chi connectivity index (χ0) is 10.6. The van der Waals surface area contributed by atoms with E-state index >= 15 is 0 Å². The normalized spacial score (nSPS) is 19.7. The average Bonchev–Trinajstić information content (AvgIpc) is 2.14. The summed E-state index contributed by atoms with van der Waals surface area (Å²) in [4.78, 5) is 0. The topological polar surface area (TPSA) is 81.4 Å². The highest BCUT2D eigenvalue weighted by Gasteiger charge is 2.20. The maximum Gasteiger partial charge on any atom is 0.149 e. The summed E-state index contributed by atoms with van der Waals surface area (Å²) in [5.74, 6) is 5.89. The maximum absolute atomic E-state index is 11.1. The number of hydrogen-bond donors (Lipinski definition) is 2. The largest absolute Gasteiger partial charge is 0.497 e. The Bertz CT molecular complexity index is 311.